The van der Waals surface area contributed by atoms with E-state index in [9.17, 15) is 4.79 Å². The van der Waals surface area contributed by atoms with Crippen LogP contribution in [0.1, 0.15) is 60.8 Å². The van der Waals surface area contributed by atoms with Gasteiger partial charge in [-0.15, -0.1) is 0 Å². The summed E-state index contributed by atoms with van der Waals surface area (Å²) >= 11 is 0. The third-order valence-electron chi connectivity index (χ3n) is 8.89. The number of carbonyl (C=O) groups excluding carboxylic acids is 1. The monoisotopic (exact) mass is 460 g/mol. The Morgan fingerprint density at radius 2 is 1.55 bits per heavy atom. The van der Waals surface area contributed by atoms with Crippen molar-refractivity contribution in [3.63, 3.8) is 0 Å². The van der Waals surface area contributed by atoms with Gasteiger partial charge in [0.05, 0.1) is 6.61 Å². The highest BCUT2D eigenvalue weighted by atomic mass is 28.4. The van der Waals surface area contributed by atoms with Crippen LogP contribution in [0, 0.1) is 22.7 Å². The molecule has 0 aliphatic heterocycles. The van der Waals surface area contributed by atoms with Crippen molar-refractivity contribution in [2.75, 3.05) is 6.61 Å². The Balaban J connectivity index is 1.80. The third kappa shape index (κ3) is 3.87. The van der Waals surface area contributed by atoms with Crippen molar-refractivity contribution in [1.82, 2.24) is 0 Å². The second-order valence-corrected chi connectivity index (χ2v) is 16.1. The average molecular weight is 461 g/mol. The van der Waals surface area contributed by atoms with Crippen LogP contribution in [-0.4, -0.2) is 21.2 Å². The maximum Gasteiger partial charge on any atom is 0.261 e. The molecule has 2 nitrogen and oxygen atoms in total. The van der Waals surface area contributed by atoms with Crippen molar-refractivity contribution in [3.05, 3.63) is 72.3 Å². The zero-order valence-electron chi connectivity index (χ0n) is 21.2. The Hall–Kier alpha value is -1.97. The summed E-state index contributed by atoms with van der Waals surface area (Å²) in [6, 6.07) is 21.7. The number of fused-ring (bicyclic) bond motifs is 1. The number of hydrogen-bond donors (Lipinski definition) is 0. The van der Waals surface area contributed by atoms with Crippen LogP contribution in [0.4, 0.5) is 0 Å². The van der Waals surface area contributed by atoms with E-state index in [0.717, 1.165) is 12.8 Å². The summed E-state index contributed by atoms with van der Waals surface area (Å²) in [5, 5.41) is 2.55. The molecule has 2 aliphatic rings. The van der Waals surface area contributed by atoms with Crippen LogP contribution in [-0.2, 0) is 9.22 Å². The summed E-state index contributed by atoms with van der Waals surface area (Å²) in [5.74, 6) is 0.610. The van der Waals surface area contributed by atoms with Crippen molar-refractivity contribution < 1.29 is 9.22 Å². The predicted octanol–water partition coefficient (Wildman–Crippen LogP) is 6.15. The molecule has 0 aromatic heterocycles. The van der Waals surface area contributed by atoms with Gasteiger partial charge in [-0.05, 0) is 51.1 Å². The molecule has 176 valence electrons. The van der Waals surface area contributed by atoms with E-state index in [-0.39, 0.29) is 21.8 Å². The SMILES string of the molecule is C[C@@H]1C(CO[Si](c2ccccc2)(c2ccccc2)C(C)(C)C)=C[C@]2(C)CCC[C@@H]2[C@@]1(C)C=O. The zero-order chi connectivity index (χ0) is 23.9. The Morgan fingerprint density at radius 3 is 2.03 bits per heavy atom. The standard InChI is InChI=1S/C30H40O2Si/c1-23-24(20-29(5)19-13-18-27(29)30(23,6)22-31)21-32-33(28(2,3)4,25-14-9-7-10-15-25)26-16-11-8-12-17-26/h7-12,14-17,20,22-23,27H,13,18-19,21H2,1-6H3/t23-,27+,29+,30+/m1/s1. The van der Waals surface area contributed by atoms with Crippen LogP contribution < -0.4 is 10.4 Å². The van der Waals surface area contributed by atoms with Gasteiger partial charge in [0.1, 0.15) is 6.29 Å². The molecule has 1 fully saturated rings. The van der Waals surface area contributed by atoms with E-state index >= 15 is 0 Å². The summed E-state index contributed by atoms with van der Waals surface area (Å²) in [6.07, 6.45) is 7.27. The lowest BCUT2D eigenvalue weighted by Gasteiger charge is -2.50. The molecule has 2 aromatic carbocycles. The van der Waals surface area contributed by atoms with E-state index in [1.807, 2.05) is 0 Å². The number of allylic oxidation sites excluding steroid dienone is 1. The molecule has 0 bridgehead atoms. The van der Waals surface area contributed by atoms with Crippen molar-refractivity contribution in [1.29, 1.82) is 0 Å². The Labute approximate surface area is 201 Å². The Bertz CT molecular complexity index is 967. The van der Waals surface area contributed by atoms with E-state index in [1.165, 1.54) is 28.7 Å². The fourth-order valence-electron chi connectivity index (χ4n) is 6.94. The predicted molar refractivity (Wildman–Crippen MR) is 140 cm³/mol. The zero-order valence-corrected chi connectivity index (χ0v) is 22.2. The topological polar surface area (TPSA) is 26.3 Å². The lowest BCUT2D eigenvalue weighted by molar-refractivity contribution is -0.123. The minimum absolute atomic E-state index is 0.0536. The summed E-state index contributed by atoms with van der Waals surface area (Å²) < 4.78 is 7.26. The first kappa shape index (κ1) is 24.2. The van der Waals surface area contributed by atoms with Crippen LogP contribution in [0.5, 0.6) is 0 Å². The van der Waals surface area contributed by atoms with E-state index in [0.29, 0.717) is 12.5 Å². The molecule has 4 atom stereocenters. The first-order valence-electron chi connectivity index (χ1n) is 12.5. The highest BCUT2D eigenvalue weighted by molar-refractivity contribution is 6.99. The molecule has 2 aromatic rings. The van der Waals surface area contributed by atoms with Gasteiger partial charge in [0, 0.05) is 5.41 Å². The molecule has 0 heterocycles. The first-order valence-corrected chi connectivity index (χ1v) is 14.4. The maximum atomic E-state index is 12.5. The molecule has 0 unspecified atom stereocenters. The highest BCUT2D eigenvalue weighted by Gasteiger charge is 2.55. The molecule has 0 radical (unpaired) electrons. The van der Waals surface area contributed by atoms with Crippen LogP contribution in [0.2, 0.25) is 5.04 Å². The summed E-state index contributed by atoms with van der Waals surface area (Å²) in [6.45, 7) is 14.3. The van der Waals surface area contributed by atoms with Gasteiger partial charge >= 0.3 is 0 Å². The van der Waals surface area contributed by atoms with Crippen molar-refractivity contribution >= 4 is 25.0 Å². The molecule has 0 N–H and O–H groups in total. The van der Waals surface area contributed by atoms with Gasteiger partial charge in [-0.2, -0.15) is 0 Å². The number of rotatable bonds is 6. The van der Waals surface area contributed by atoms with Gasteiger partial charge in [-0.25, -0.2) is 0 Å². The quantitative estimate of drug-likeness (QED) is 0.293. The molecular weight excluding hydrogens is 420 g/mol. The molecule has 0 spiro atoms. The number of benzene rings is 2. The van der Waals surface area contributed by atoms with Crippen molar-refractivity contribution in [2.45, 2.75) is 65.8 Å². The van der Waals surface area contributed by atoms with Gasteiger partial charge < -0.3 is 9.22 Å². The highest BCUT2D eigenvalue weighted by Crippen LogP contribution is 2.59. The number of carbonyl (C=O) groups is 1. The first-order chi connectivity index (χ1) is 15.6. The molecule has 0 saturated heterocycles. The summed E-state index contributed by atoms with van der Waals surface area (Å²) in [4.78, 5) is 12.5. The van der Waals surface area contributed by atoms with Crippen LogP contribution in [0.25, 0.3) is 0 Å². The molecule has 3 heteroatoms. The van der Waals surface area contributed by atoms with Gasteiger partial charge in [0.15, 0.2) is 0 Å². The fraction of sp³-hybridized carbons (Fsp3) is 0.500. The third-order valence-corrected chi connectivity index (χ3v) is 13.9. The maximum absolute atomic E-state index is 12.5. The average Bonchev–Trinajstić information content (AvgIpc) is 3.20. The van der Waals surface area contributed by atoms with E-state index < -0.39 is 8.32 Å². The van der Waals surface area contributed by atoms with Crippen LogP contribution in [0.3, 0.4) is 0 Å². The van der Waals surface area contributed by atoms with E-state index in [1.54, 1.807) is 0 Å². The minimum atomic E-state index is -2.61. The summed E-state index contributed by atoms with van der Waals surface area (Å²) in [7, 11) is -2.61. The minimum Gasteiger partial charge on any atom is -0.403 e. The fourth-order valence-corrected chi connectivity index (χ4v) is 11.5. The molecular formula is C30H40O2Si. The van der Waals surface area contributed by atoms with Crippen molar-refractivity contribution in [2.24, 2.45) is 22.7 Å². The molecule has 33 heavy (non-hydrogen) atoms. The Morgan fingerprint density at radius 1 is 1.00 bits per heavy atom. The van der Waals surface area contributed by atoms with Crippen LogP contribution in [0.15, 0.2) is 72.3 Å². The lowest BCUT2D eigenvalue weighted by Crippen LogP contribution is -2.66. The van der Waals surface area contributed by atoms with Gasteiger partial charge in [-0.1, -0.05) is 115 Å². The van der Waals surface area contributed by atoms with Gasteiger partial charge in [0.2, 0.25) is 0 Å². The van der Waals surface area contributed by atoms with Crippen molar-refractivity contribution in [3.8, 4) is 0 Å². The number of aldehydes is 1. The van der Waals surface area contributed by atoms with Crippen LogP contribution >= 0.6 is 0 Å². The smallest absolute Gasteiger partial charge is 0.261 e. The summed E-state index contributed by atoms with van der Waals surface area (Å²) in [5.41, 5.74) is 1.06. The van der Waals surface area contributed by atoms with E-state index in [2.05, 4.69) is 108 Å². The van der Waals surface area contributed by atoms with Gasteiger partial charge in [0.25, 0.3) is 8.32 Å². The van der Waals surface area contributed by atoms with Gasteiger partial charge in [-0.3, -0.25) is 0 Å². The molecule has 0 amide bonds. The molecule has 4 rings (SSSR count). The second-order valence-electron chi connectivity index (χ2n) is 11.8. The van der Waals surface area contributed by atoms with E-state index in [4.69, 9.17) is 4.43 Å². The Kier molecular flexibility index (Phi) is 6.35. The second kappa shape index (κ2) is 8.67. The molecule has 2 aliphatic carbocycles. The number of hydrogen-bond acceptors (Lipinski definition) is 2. The molecule has 1 saturated carbocycles. The normalized spacial score (nSPS) is 29.9. The largest absolute Gasteiger partial charge is 0.403 e. The lowest BCUT2D eigenvalue weighted by atomic mass is 9.55.